The summed E-state index contributed by atoms with van der Waals surface area (Å²) in [4.78, 5) is 35.7. The first kappa shape index (κ1) is 33.1. The monoisotopic (exact) mass is 599 g/mol. The zero-order valence-corrected chi connectivity index (χ0v) is 26.8. The van der Waals surface area contributed by atoms with E-state index < -0.39 is 8.53 Å². The molecule has 1 N–H and O–H groups in total. The first-order valence-corrected chi connectivity index (χ1v) is 16.4. The van der Waals surface area contributed by atoms with Gasteiger partial charge in [0.05, 0.1) is 38.4 Å². The maximum atomic E-state index is 12.4. The second-order valence-electron chi connectivity index (χ2n) is 10.8. The van der Waals surface area contributed by atoms with Crippen LogP contribution in [-0.4, -0.2) is 79.2 Å². The van der Waals surface area contributed by atoms with Crippen LogP contribution in [-0.2, 0) is 23.3 Å². The fourth-order valence-electron chi connectivity index (χ4n) is 4.66. The molecule has 0 aliphatic carbocycles. The van der Waals surface area contributed by atoms with E-state index in [1.54, 1.807) is 13.3 Å². The molecular weight excluding hydrogens is 553 g/mol. The molecule has 3 rings (SSSR count). The number of thioether (sulfide) groups is 1. The maximum Gasteiger partial charge on any atom is 0.279 e. The molecule has 0 amide bonds. The highest BCUT2D eigenvalue weighted by atomic mass is 32.2. The molecule has 226 valence electrons. The number of fused-ring (bicyclic) bond motifs is 1. The lowest BCUT2D eigenvalue weighted by molar-refractivity contribution is -0.113. The highest BCUT2D eigenvalue weighted by Gasteiger charge is 2.41. The number of aromatic amines is 1. The fourth-order valence-corrected chi connectivity index (χ4v) is 7.13. The Morgan fingerprint density at radius 1 is 1.23 bits per heavy atom. The highest BCUT2D eigenvalue weighted by Crippen LogP contribution is 2.50. The van der Waals surface area contributed by atoms with E-state index >= 15 is 0 Å². The molecule has 0 spiro atoms. The average molecular weight is 600 g/mol. The molecule has 0 saturated carbocycles. The van der Waals surface area contributed by atoms with Gasteiger partial charge in [-0.2, -0.15) is 0 Å². The largest absolute Gasteiger partial charge is 0.378 e. The standard InChI is InChI=1S/C27H46N5O6PS/c1-9-10-21-22(15-23(37-21)31-16-28-24-25(31)29-20(8)30-26(24)33)38-39(32(18(4)5)19(6)7)36-12-11-35-13-14-40-27(34)17(2)3/h16-19,21-23H,9-15H2,1-8H3,(H,29,30,33). The van der Waals surface area contributed by atoms with Crippen molar-refractivity contribution in [2.75, 3.05) is 25.6 Å². The molecule has 1 aliphatic rings. The van der Waals surface area contributed by atoms with E-state index in [0.717, 1.165) is 12.8 Å². The summed E-state index contributed by atoms with van der Waals surface area (Å²) in [5, 5.41) is 0.182. The Kier molecular flexibility index (Phi) is 13.0. The number of imidazole rings is 1. The van der Waals surface area contributed by atoms with Gasteiger partial charge in [0.1, 0.15) is 12.1 Å². The lowest BCUT2D eigenvalue weighted by Crippen LogP contribution is -2.36. The third-order valence-corrected chi connectivity index (χ3v) is 9.74. The molecule has 2 aromatic heterocycles. The first-order chi connectivity index (χ1) is 19.0. The molecule has 1 aliphatic heterocycles. The van der Waals surface area contributed by atoms with E-state index in [0.29, 0.717) is 49.0 Å². The van der Waals surface area contributed by atoms with Gasteiger partial charge in [-0.25, -0.2) is 14.6 Å². The number of hydrogen-bond donors (Lipinski definition) is 1. The van der Waals surface area contributed by atoms with Crippen LogP contribution in [0.5, 0.6) is 0 Å². The average Bonchev–Trinajstić information content (AvgIpc) is 3.47. The van der Waals surface area contributed by atoms with Gasteiger partial charge in [0.2, 0.25) is 0 Å². The Morgan fingerprint density at radius 2 is 1.95 bits per heavy atom. The number of H-pyrrole nitrogens is 1. The summed E-state index contributed by atoms with van der Waals surface area (Å²) in [5.74, 6) is 1.19. The molecule has 11 nitrogen and oxygen atoms in total. The van der Waals surface area contributed by atoms with Gasteiger partial charge in [0, 0.05) is 30.2 Å². The molecule has 40 heavy (non-hydrogen) atoms. The molecular formula is C27H46N5O6PS. The number of ether oxygens (including phenoxy) is 2. The van der Waals surface area contributed by atoms with Gasteiger partial charge in [-0.1, -0.05) is 39.0 Å². The summed E-state index contributed by atoms with van der Waals surface area (Å²) in [6.07, 6.45) is 3.32. The van der Waals surface area contributed by atoms with Gasteiger partial charge in [0.25, 0.3) is 14.1 Å². The Balaban J connectivity index is 1.68. The Hall–Kier alpha value is -1.40. The van der Waals surface area contributed by atoms with Gasteiger partial charge >= 0.3 is 0 Å². The summed E-state index contributed by atoms with van der Waals surface area (Å²) < 4.78 is 29.4. The van der Waals surface area contributed by atoms with Crippen LogP contribution in [0.4, 0.5) is 0 Å². The molecule has 0 aromatic carbocycles. The zero-order chi connectivity index (χ0) is 29.4. The van der Waals surface area contributed by atoms with E-state index in [2.05, 4.69) is 54.2 Å². The first-order valence-electron chi connectivity index (χ1n) is 14.2. The zero-order valence-electron chi connectivity index (χ0n) is 25.1. The molecule has 1 saturated heterocycles. The molecule has 2 aromatic rings. The SMILES string of the molecule is CCCC1OC(n2cnc3c(=O)[nH]c(C)nc32)CC1OP(OCCOCCSC(=O)C(C)C)N(C(C)C)C(C)C. The molecule has 4 atom stereocenters. The number of carbonyl (C=O) groups excluding carboxylic acids is 1. The normalized spacial score (nSPS) is 20.6. The van der Waals surface area contributed by atoms with E-state index in [9.17, 15) is 9.59 Å². The molecule has 4 unspecified atom stereocenters. The van der Waals surface area contributed by atoms with Crippen molar-refractivity contribution in [3.63, 3.8) is 0 Å². The van der Waals surface area contributed by atoms with Crippen molar-refractivity contribution in [1.82, 2.24) is 24.2 Å². The number of nitrogens with one attached hydrogen (secondary N) is 1. The van der Waals surface area contributed by atoms with Crippen LogP contribution in [0.3, 0.4) is 0 Å². The van der Waals surface area contributed by atoms with Crippen LogP contribution in [0.15, 0.2) is 11.1 Å². The van der Waals surface area contributed by atoms with Crippen molar-refractivity contribution in [2.45, 2.75) is 105 Å². The third kappa shape index (κ3) is 8.80. The van der Waals surface area contributed by atoms with Crippen LogP contribution < -0.4 is 5.56 Å². The lowest BCUT2D eigenvalue weighted by atomic mass is 10.1. The van der Waals surface area contributed by atoms with Crippen LogP contribution in [0, 0.1) is 12.8 Å². The van der Waals surface area contributed by atoms with E-state index in [-0.39, 0.29) is 47.1 Å². The van der Waals surface area contributed by atoms with E-state index in [1.165, 1.54) is 11.8 Å². The number of aromatic nitrogens is 4. The van der Waals surface area contributed by atoms with Crippen molar-refractivity contribution in [3.05, 3.63) is 22.5 Å². The minimum absolute atomic E-state index is 0.0262. The Morgan fingerprint density at radius 3 is 2.60 bits per heavy atom. The second kappa shape index (κ2) is 15.7. The topological polar surface area (TPSA) is 121 Å². The minimum Gasteiger partial charge on any atom is -0.378 e. The van der Waals surface area contributed by atoms with Crippen LogP contribution in [0.25, 0.3) is 11.2 Å². The van der Waals surface area contributed by atoms with Gasteiger partial charge in [-0.15, -0.1) is 0 Å². The molecule has 0 bridgehead atoms. The van der Waals surface area contributed by atoms with Crippen molar-refractivity contribution < 1.29 is 23.3 Å². The van der Waals surface area contributed by atoms with E-state index in [4.69, 9.17) is 18.5 Å². The van der Waals surface area contributed by atoms with Crippen molar-refractivity contribution in [3.8, 4) is 0 Å². The summed E-state index contributed by atoms with van der Waals surface area (Å²) in [6, 6.07) is 0.425. The highest BCUT2D eigenvalue weighted by molar-refractivity contribution is 8.13. The van der Waals surface area contributed by atoms with Crippen molar-refractivity contribution in [2.24, 2.45) is 5.92 Å². The number of aryl methyl sites for hydroxylation is 1. The van der Waals surface area contributed by atoms with Gasteiger partial charge in [0.15, 0.2) is 16.3 Å². The van der Waals surface area contributed by atoms with Crippen LogP contribution in [0.2, 0.25) is 0 Å². The Labute approximate surface area is 243 Å². The quantitative estimate of drug-likeness (QED) is 0.204. The van der Waals surface area contributed by atoms with Crippen LogP contribution in [0.1, 0.15) is 79.8 Å². The predicted molar refractivity (Wildman–Crippen MR) is 159 cm³/mol. The van der Waals surface area contributed by atoms with Gasteiger partial charge in [-0.05, 0) is 41.0 Å². The van der Waals surface area contributed by atoms with Gasteiger partial charge in [-0.3, -0.25) is 14.2 Å². The fraction of sp³-hybridized carbons (Fsp3) is 0.778. The maximum absolute atomic E-state index is 12.4. The molecule has 13 heteroatoms. The van der Waals surface area contributed by atoms with Gasteiger partial charge < -0.3 is 23.5 Å². The Bertz CT molecular complexity index is 1130. The van der Waals surface area contributed by atoms with E-state index in [1.807, 2.05) is 18.4 Å². The summed E-state index contributed by atoms with van der Waals surface area (Å²) in [5.41, 5.74) is 0.553. The molecule has 0 radical (unpaired) electrons. The van der Waals surface area contributed by atoms with Crippen molar-refractivity contribution >= 4 is 36.6 Å². The summed E-state index contributed by atoms with van der Waals surface area (Å²) >= 11 is 1.31. The minimum atomic E-state index is -1.40. The number of hydrogen-bond acceptors (Lipinski definition) is 10. The molecule has 1 fully saturated rings. The lowest BCUT2D eigenvalue weighted by Gasteiger charge is -2.37. The molecule has 3 heterocycles. The second-order valence-corrected chi connectivity index (χ2v) is 13.4. The predicted octanol–water partition coefficient (Wildman–Crippen LogP) is 5.20. The number of carbonyl (C=O) groups is 1. The summed E-state index contributed by atoms with van der Waals surface area (Å²) in [7, 11) is -1.40. The van der Waals surface area contributed by atoms with Crippen LogP contribution >= 0.6 is 20.3 Å². The number of rotatable bonds is 16. The third-order valence-electron chi connectivity index (χ3n) is 6.46. The smallest absolute Gasteiger partial charge is 0.279 e. The number of nitrogens with zero attached hydrogens (tertiary/aromatic N) is 4. The van der Waals surface area contributed by atoms with Crippen molar-refractivity contribution in [1.29, 1.82) is 0 Å². The summed E-state index contributed by atoms with van der Waals surface area (Å²) in [6.45, 7) is 17.6.